The average molecular weight is 199 g/mol. The van der Waals surface area contributed by atoms with E-state index in [0.29, 0.717) is 10.2 Å². The van der Waals surface area contributed by atoms with Crippen LogP contribution in [0.5, 0.6) is 0 Å². The maximum atomic E-state index is 5.90. The maximum Gasteiger partial charge on any atom is 0.129 e. The highest BCUT2D eigenvalue weighted by Gasteiger charge is 1.99. The number of fused-ring (bicyclic) bond motifs is 1. The van der Waals surface area contributed by atoms with Crippen LogP contribution in [-0.4, -0.2) is 9.97 Å². The third-order valence-electron chi connectivity index (χ3n) is 1.54. The van der Waals surface area contributed by atoms with E-state index in [1.807, 2.05) is 0 Å². The molecule has 0 spiro atoms. The molecular formula is C8H4Cl2N2. The first kappa shape index (κ1) is 7.77. The minimum atomic E-state index is 0.428. The molecule has 0 saturated carbocycles. The zero-order valence-corrected chi connectivity index (χ0v) is 7.47. The first-order valence-corrected chi connectivity index (χ1v) is 4.09. The normalized spacial score (nSPS) is 10.5. The molecule has 2 aromatic rings. The molecule has 0 aromatic carbocycles. The van der Waals surface area contributed by atoms with Crippen LogP contribution in [0.2, 0.25) is 10.2 Å². The van der Waals surface area contributed by atoms with Gasteiger partial charge in [0, 0.05) is 11.6 Å². The summed E-state index contributed by atoms with van der Waals surface area (Å²) in [5.41, 5.74) is 0.756. The van der Waals surface area contributed by atoms with Crippen molar-refractivity contribution in [2.75, 3.05) is 0 Å². The van der Waals surface area contributed by atoms with Crippen LogP contribution in [-0.2, 0) is 0 Å². The van der Waals surface area contributed by atoms with Gasteiger partial charge in [-0.2, -0.15) is 0 Å². The fourth-order valence-corrected chi connectivity index (χ4v) is 1.36. The molecular weight excluding hydrogens is 195 g/mol. The molecule has 0 radical (unpaired) electrons. The fraction of sp³-hybridized carbons (Fsp3) is 0. The quantitative estimate of drug-likeness (QED) is 0.609. The number of pyridine rings is 2. The lowest BCUT2D eigenvalue weighted by atomic mass is 10.3. The number of halogens is 2. The topological polar surface area (TPSA) is 25.8 Å². The van der Waals surface area contributed by atoms with Crippen LogP contribution in [0, 0.1) is 0 Å². The molecule has 0 bridgehead atoms. The Morgan fingerprint density at radius 3 is 2.83 bits per heavy atom. The van der Waals surface area contributed by atoms with Crippen molar-refractivity contribution < 1.29 is 0 Å². The molecule has 0 N–H and O–H groups in total. The smallest absolute Gasteiger partial charge is 0.129 e. The third kappa shape index (κ3) is 1.24. The monoisotopic (exact) mass is 198 g/mol. The highest BCUT2D eigenvalue weighted by Crippen LogP contribution is 2.22. The zero-order valence-electron chi connectivity index (χ0n) is 5.96. The zero-order chi connectivity index (χ0) is 8.55. The molecule has 0 amide bonds. The van der Waals surface area contributed by atoms with Gasteiger partial charge in [-0.25, -0.2) is 4.98 Å². The first-order valence-electron chi connectivity index (χ1n) is 3.33. The fourth-order valence-electron chi connectivity index (χ4n) is 0.990. The maximum absolute atomic E-state index is 5.90. The molecule has 0 saturated heterocycles. The second kappa shape index (κ2) is 2.88. The molecule has 0 atom stereocenters. The lowest BCUT2D eigenvalue weighted by Gasteiger charge is -1.97. The Morgan fingerprint density at radius 2 is 2.00 bits per heavy atom. The van der Waals surface area contributed by atoms with E-state index in [1.54, 1.807) is 24.5 Å². The minimum absolute atomic E-state index is 0.428. The molecule has 0 aliphatic rings. The second-order valence-electron chi connectivity index (χ2n) is 2.32. The summed E-state index contributed by atoms with van der Waals surface area (Å²) in [5, 5.41) is 1.90. The number of hydrogen-bond donors (Lipinski definition) is 0. The molecule has 0 unspecified atom stereocenters. The van der Waals surface area contributed by atoms with Crippen molar-refractivity contribution in [3.05, 3.63) is 34.7 Å². The van der Waals surface area contributed by atoms with Gasteiger partial charge in [0.05, 0.1) is 16.7 Å². The first-order chi connectivity index (χ1) is 5.77. The van der Waals surface area contributed by atoms with Gasteiger partial charge in [-0.1, -0.05) is 23.2 Å². The second-order valence-corrected chi connectivity index (χ2v) is 3.11. The molecule has 2 rings (SSSR count). The average Bonchev–Trinajstić information content (AvgIpc) is 2.07. The summed E-state index contributed by atoms with van der Waals surface area (Å²) in [6.45, 7) is 0. The van der Waals surface area contributed by atoms with E-state index in [2.05, 4.69) is 9.97 Å². The highest BCUT2D eigenvalue weighted by atomic mass is 35.5. The lowest BCUT2D eigenvalue weighted by Crippen LogP contribution is -1.81. The summed E-state index contributed by atoms with van der Waals surface area (Å²) in [6, 6.07) is 3.42. The predicted molar refractivity (Wildman–Crippen MR) is 49.6 cm³/mol. The van der Waals surface area contributed by atoms with Crippen molar-refractivity contribution >= 4 is 34.1 Å². The summed E-state index contributed by atoms with van der Waals surface area (Å²) >= 11 is 11.6. The van der Waals surface area contributed by atoms with Crippen molar-refractivity contribution in [1.29, 1.82) is 0 Å². The van der Waals surface area contributed by atoms with Gasteiger partial charge in [-0.3, -0.25) is 4.98 Å². The Hall–Kier alpha value is -0.860. The van der Waals surface area contributed by atoms with Gasteiger partial charge in [-0.05, 0) is 12.1 Å². The Balaban J connectivity index is 2.88. The van der Waals surface area contributed by atoms with Crippen LogP contribution >= 0.6 is 23.2 Å². The van der Waals surface area contributed by atoms with Crippen LogP contribution in [0.4, 0.5) is 0 Å². The van der Waals surface area contributed by atoms with Crippen molar-refractivity contribution in [1.82, 2.24) is 9.97 Å². The van der Waals surface area contributed by atoms with Crippen molar-refractivity contribution in [2.24, 2.45) is 0 Å². The van der Waals surface area contributed by atoms with Crippen LogP contribution in [0.3, 0.4) is 0 Å². The lowest BCUT2D eigenvalue weighted by molar-refractivity contribution is 1.31. The van der Waals surface area contributed by atoms with Gasteiger partial charge < -0.3 is 0 Å². The predicted octanol–water partition coefficient (Wildman–Crippen LogP) is 2.94. The van der Waals surface area contributed by atoms with Gasteiger partial charge in [0.1, 0.15) is 5.15 Å². The van der Waals surface area contributed by atoms with E-state index in [9.17, 15) is 0 Å². The van der Waals surface area contributed by atoms with E-state index >= 15 is 0 Å². The summed E-state index contributed by atoms with van der Waals surface area (Å²) < 4.78 is 0. The van der Waals surface area contributed by atoms with E-state index in [0.717, 1.165) is 10.9 Å². The number of nitrogens with zero attached hydrogens (tertiary/aromatic N) is 2. The molecule has 4 heteroatoms. The number of rotatable bonds is 0. The van der Waals surface area contributed by atoms with Gasteiger partial charge in [-0.15, -0.1) is 0 Å². The van der Waals surface area contributed by atoms with E-state index in [-0.39, 0.29) is 0 Å². The molecule has 60 valence electrons. The van der Waals surface area contributed by atoms with Crippen molar-refractivity contribution in [3.63, 3.8) is 0 Å². The molecule has 2 nitrogen and oxygen atoms in total. The summed E-state index contributed by atoms with van der Waals surface area (Å²) in [4.78, 5) is 7.97. The molecule has 2 heterocycles. The standard InChI is InChI=1S/C8H4Cl2N2/c9-6-1-2-11-7-4-12-8(10)3-5(6)7/h1-4H. The van der Waals surface area contributed by atoms with Crippen LogP contribution in [0.1, 0.15) is 0 Å². The molecule has 0 aliphatic carbocycles. The molecule has 2 aromatic heterocycles. The summed E-state index contributed by atoms with van der Waals surface area (Å²) in [6.07, 6.45) is 3.24. The molecule has 0 aliphatic heterocycles. The van der Waals surface area contributed by atoms with Gasteiger partial charge in [0.2, 0.25) is 0 Å². The number of aromatic nitrogens is 2. The highest BCUT2D eigenvalue weighted by molar-refractivity contribution is 6.36. The van der Waals surface area contributed by atoms with Crippen LogP contribution in [0.25, 0.3) is 10.9 Å². The summed E-state index contributed by atoms with van der Waals surface area (Å²) in [5.74, 6) is 0. The summed E-state index contributed by atoms with van der Waals surface area (Å²) in [7, 11) is 0. The minimum Gasteiger partial charge on any atom is -0.255 e. The van der Waals surface area contributed by atoms with Crippen LogP contribution < -0.4 is 0 Å². The third-order valence-corrected chi connectivity index (χ3v) is 2.08. The largest absolute Gasteiger partial charge is 0.255 e. The van der Waals surface area contributed by atoms with E-state index < -0.39 is 0 Å². The van der Waals surface area contributed by atoms with Gasteiger partial charge in [0.15, 0.2) is 0 Å². The molecule has 12 heavy (non-hydrogen) atoms. The Kier molecular flexibility index (Phi) is 1.87. The van der Waals surface area contributed by atoms with Crippen LogP contribution in [0.15, 0.2) is 24.5 Å². The molecule has 0 fully saturated rings. The Labute approximate surface area is 79.2 Å². The Morgan fingerprint density at radius 1 is 1.17 bits per heavy atom. The Bertz CT molecular complexity index is 428. The van der Waals surface area contributed by atoms with Gasteiger partial charge in [0.25, 0.3) is 0 Å². The van der Waals surface area contributed by atoms with Crippen molar-refractivity contribution in [3.8, 4) is 0 Å². The number of hydrogen-bond acceptors (Lipinski definition) is 2. The van der Waals surface area contributed by atoms with Crippen molar-refractivity contribution in [2.45, 2.75) is 0 Å². The van der Waals surface area contributed by atoms with E-state index in [1.165, 1.54) is 0 Å². The van der Waals surface area contributed by atoms with Gasteiger partial charge >= 0.3 is 0 Å². The SMILES string of the molecule is Clc1cc2c(Cl)ccnc2cn1. The van der Waals surface area contributed by atoms with E-state index in [4.69, 9.17) is 23.2 Å².